The molecule has 0 unspecified atom stereocenters. The second-order valence-electron chi connectivity index (χ2n) is 5.08. The number of rotatable bonds is 6. The fourth-order valence-electron chi connectivity index (χ4n) is 2.43. The molecule has 1 heterocycles. The first-order valence-electron chi connectivity index (χ1n) is 7.52. The summed E-state index contributed by atoms with van der Waals surface area (Å²) in [5, 5.41) is 0. The van der Waals surface area contributed by atoms with Crippen LogP contribution in [0.1, 0.15) is 13.8 Å². The highest BCUT2D eigenvalue weighted by Crippen LogP contribution is 2.21. The van der Waals surface area contributed by atoms with Crippen molar-refractivity contribution in [1.82, 2.24) is 8.61 Å². The van der Waals surface area contributed by atoms with E-state index in [0.29, 0.717) is 39.4 Å². The quantitative estimate of drug-likeness (QED) is 0.745. The molecule has 0 N–H and O–H groups in total. The van der Waals surface area contributed by atoms with E-state index in [-0.39, 0.29) is 9.79 Å². The summed E-state index contributed by atoms with van der Waals surface area (Å²) in [4.78, 5) is 0.194. The third-order valence-corrected chi connectivity index (χ3v) is 7.75. The van der Waals surface area contributed by atoms with Crippen LogP contribution in [-0.2, 0) is 24.8 Å². The van der Waals surface area contributed by atoms with Crippen molar-refractivity contribution in [3.8, 4) is 0 Å². The van der Waals surface area contributed by atoms with Crippen LogP contribution in [0.15, 0.2) is 34.1 Å². The van der Waals surface area contributed by atoms with E-state index in [9.17, 15) is 16.8 Å². The van der Waals surface area contributed by atoms with E-state index >= 15 is 0 Å². The zero-order valence-electron chi connectivity index (χ0n) is 13.3. The number of hydrogen-bond donors (Lipinski definition) is 0. The molecular weight excluding hydrogens is 340 g/mol. The van der Waals surface area contributed by atoms with Crippen molar-refractivity contribution in [2.45, 2.75) is 23.6 Å². The lowest BCUT2D eigenvalue weighted by atomic mass is 10.4. The Bertz CT molecular complexity index is 719. The molecule has 1 aliphatic rings. The van der Waals surface area contributed by atoms with Gasteiger partial charge in [-0.3, -0.25) is 0 Å². The van der Waals surface area contributed by atoms with Gasteiger partial charge in [-0.25, -0.2) is 16.8 Å². The van der Waals surface area contributed by atoms with E-state index in [1.54, 1.807) is 13.8 Å². The van der Waals surface area contributed by atoms with Crippen LogP contribution in [0.5, 0.6) is 0 Å². The van der Waals surface area contributed by atoms with Crippen LogP contribution in [0, 0.1) is 0 Å². The molecule has 0 aliphatic carbocycles. The van der Waals surface area contributed by atoms with Gasteiger partial charge in [0.05, 0.1) is 23.0 Å². The van der Waals surface area contributed by atoms with Crippen LogP contribution in [0.25, 0.3) is 0 Å². The Kier molecular flexibility index (Phi) is 5.79. The molecular formula is C14H22N2O5S2. The smallest absolute Gasteiger partial charge is 0.243 e. The topological polar surface area (TPSA) is 84.0 Å². The number of sulfonamides is 2. The summed E-state index contributed by atoms with van der Waals surface area (Å²) in [5.74, 6) is 0. The Morgan fingerprint density at radius 3 is 1.91 bits per heavy atom. The molecule has 130 valence electrons. The van der Waals surface area contributed by atoms with Crippen LogP contribution in [0.2, 0.25) is 0 Å². The zero-order valence-corrected chi connectivity index (χ0v) is 14.9. The average molecular weight is 362 g/mol. The average Bonchev–Trinajstić information content (AvgIpc) is 2.56. The molecule has 0 radical (unpaired) electrons. The minimum absolute atomic E-state index is 0.0953. The highest BCUT2D eigenvalue weighted by atomic mass is 32.2. The summed E-state index contributed by atoms with van der Waals surface area (Å²) in [7, 11) is -7.19. The summed E-state index contributed by atoms with van der Waals surface area (Å²) < 4.78 is 57.7. The molecule has 1 fully saturated rings. The Balaban J connectivity index is 2.29. The molecule has 1 saturated heterocycles. The summed E-state index contributed by atoms with van der Waals surface area (Å²) in [6, 6.07) is 5.39. The lowest BCUT2D eigenvalue weighted by Crippen LogP contribution is -2.40. The van der Waals surface area contributed by atoms with Crippen molar-refractivity contribution in [3.63, 3.8) is 0 Å². The van der Waals surface area contributed by atoms with Gasteiger partial charge in [-0.15, -0.1) is 0 Å². The van der Waals surface area contributed by atoms with E-state index < -0.39 is 20.0 Å². The molecule has 0 amide bonds. The first-order valence-corrected chi connectivity index (χ1v) is 10.4. The molecule has 0 atom stereocenters. The van der Waals surface area contributed by atoms with Gasteiger partial charge in [-0.05, 0) is 24.3 Å². The van der Waals surface area contributed by atoms with Crippen molar-refractivity contribution in [2.24, 2.45) is 0 Å². The third-order valence-electron chi connectivity index (χ3n) is 3.77. The normalized spacial score (nSPS) is 17.5. The molecule has 0 aromatic heterocycles. The molecule has 0 spiro atoms. The lowest BCUT2D eigenvalue weighted by Gasteiger charge is -2.26. The van der Waals surface area contributed by atoms with Crippen molar-refractivity contribution in [3.05, 3.63) is 24.3 Å². The van der Waals surface area contributed by atoms with E-state index in [2.05, 4.69) is 0 Å². The first kappa shape index (κ1) is 18.3. The van der Waals surface area contributed by atoms with Crippen LogP contribution < -0.4 is 0 Å². The van der Waals surface area contributed by atoms with Gasteiger partial charge < -0.3 is 4.74 Å². The maximum atomic E-state index is 12.5. The van der Waals surface area contributed by atoms with Gasteiger partial charge in [0.2, 0.25) is 20.0 Å². The largest absolute Gasteiger partial charge is 0.379 e. The maximum Gasteiger partial charge on any atom is 0.243 e. The fraction of sp³-hybridized carbons (Fsp3) is 0.571. The summed E-state index contributed by atoms with van der Waals surface area (Å²) in [6.07, 6.45) is 0. The maximum absolute atomic E-state index is 12.5. The highest BCUT2D eigenvalue weighted by Gasteiger charge is 2.27. The van der Waals surface area contributed by atoms with Gasteiger partial charge in [-0.2, -0.15) is 8.61 Å². The summed E-state index contributed by atoms with van der Waals surface area (Å²) in [5.41, 5.74) is 0. The minimum Gasteiger partial charge on any atom is -0.379 e. The molecule has 1 aliphatic heterocycles. The lowest BCUT2D eigenvalue weighted by molar-refractivity contribution is 0.0730. The SMILES string of the molecule is CCN(CC)S(=O)(=O)c1ccc(S(=O)(=O)N2CCOCC2)cc1. The van der Waals surface area contributed by atoms with Crippen molar-refractivity contribution < 1.29 is 21.6 Å². The van der Waals surface area contributed by atoms with Gasteiger partial charge in [0.15, 0.2) is 0 Å². The number of morpholine rings is 1. The summed E-state index contributed by atoms with van der Waals surface area (Å²) in [6.45, 7) is 5.61. The van der Waals surface area contributed by atoms with Crippen LogP contribution in [-0.4, -0.2) is 64.8 Å². The Morgan fingerprint density at radius 1 is 0.957 bits per heavy atom. The Labute approximate surface area is 137 Å². The molecule has 7 nitrogen and oxygen atoms in total. The number of nitrogens with zero attached hydrogens (tertiary/aromatic N) is 2. The number of benzene rings is 1. The standard InChI is InChI=1S/C14H22N2O5S2/c1-3-15(4-2)22(17,18)13-5-7-14(8-6-13)23(19,20)16-9-11-21-12-10-16/h5-8H,3-4,9-12H2,1-2H3. The highest BCUT2D eigenvalue weighted by molar-refractivity contribution is 7.89. The van der Waals surface area contributed by atoms with Gasteiger partial charge in [0.1, 0.15) is 0 Å². The molecule has 2 rings (SSSR count). The fourth-order valence-corrected chi connectivity index (χ4v) is 5.30. The van der Waals surface area contributed by atoms with E-state index in [0.717, 1.165) is 0 Å². The molecule has 23 heavy (non-hydrogen) atoms. The third kappa shape index (κ3) is 3.74. The van der Waals surface area contributed by atoms with E-state index in [1.165, 1.54) is 32.9 Å². The summed E-state index contributed by atoms with van der Waals surface area (Å²) >= 11 is 0. The second kappa shape index (κ2) is 7.27. The van der Waals surface area contributed by atoms with E-state index in [4.69, 9.17) is 4.74 Å². The Hall–Kier alpha value is -1.00. The van der Waals surface area contributed by atoms with E-state index in [1.807, 2.05) is 0 Å². The van der Waals surface area contributed by atoms with Gasteiger partial charge in [0.25, 0.3) is 0 Å². The van der Waals surface area contributed by atoms with Crippen LogP contribution in [0.4, 0.5) is 0 Å². The van der Waals surface area contributed by atoms with Gasteiger partial charge in [0, 0.05) is 26.2 Å². The minimum atomic E-state index is -3.61. The number of hydrogen-bond acceptors (Lipinski definition) is 5. The molecule has 0 bridgehead atoms. The molecule has 9 heteroatoms. The second-order valence-corrected chi connectivity index (χ2v) is 8.95. The zero-order chi connectivity index (χ0) is 17.1. The monoisotopic (exact) mass is 362 g/mol. The predicted molar refractivity (Wildman–Crippen MR) is 86.1 cm³/mol. The Morgan fingerprint density at radius 2 is 1.43 bits per heavy atom. The van der Waals surface area contributed by atoms with Gasteiger partial charge in [-0.1, -0.05) is 13.8 Å². The van der Waals surface area contributed by atoms with Crippen molar-refractivity contribution in [2.75, 3.05) is 39.4 Å². The molecule has 0 saturated carbocycles. The molecule has 1 aromatic carbocycles. The predicted octanol–water partition coefficient (Wildman–Crippen LogP) is 0.738. The van der Waals surface area contributed by atoms with Crippen LogP contribution >= 0.6 is 0 Å². The molecule has 1 aromatic rings. The van der Waals surface area contributed by atoms with Crippen molar-refractivity contribution in [1.29, 1.82) is 0 Å². The van der Waals surface area contributed by atoms with Crippen molar-refractivity contribution >= 4 is 20.0 Å². The van der Waals surface area contributed by atoms with Gasteiger partial charge >= 0.3 is 0 Å². The first-order chi connectivity index (χ1) is 10.8. The van der Waals surface area contributed by atoms with Crippen LogP contribution in [0.3, 0.4) is 0 Å². The number of ether oxygens (including phenoxy) is 1.